The van der Waals surface area contributed by atoms with Crippen LogP contribution < -0.4 is 5.32 Å². The standard InChI is InChI=1S/C20H31NO7/c1-3-27-15(22)11-20(26,18(25)28-4-2)16(23)17(24)21-19-8-12-5-13(9-19)7-14(6-12)10-19/h12-14,16,23,26H,3-11H2,1-2H3,(H,21,24). The van der Waals surface area contributed by atoms with Gasteiger partial charge in [-0.3, -0.25) is 9.59 Å². The number of rotatable bonds is 8. The van der Waals surface area contributed by atoms with E-state index in [0.29, 0.717) is 17.8 Å². The van der Waals surface area contributed by atoms with Gasteiger partial charge in [-0.15, -0.1) is 0 Å². The molecule has 0 aromatic rings. The third-order valence-electron chi connectivity index (χ3n) is 6.48. The lowest BCUT2D eigenvalue weighted by Crippen LogP contribution is -2.65. The van der Waals surface area contributed by atoms with E-state index in [2.05, 4.69) is 5.32 Å². The molecule has 0 heterocycles. The number of amides is 1. The van der Waals surface area contributed by atoms with Crippen molar-refractivity contribution in [3.8, 4) is 0 Å². The van der Waals surface area contributed by atoms with Gasteiger partial charge in [0.05, 0.1) is 19.6 Å². The molecule has 2 atom stereocenters. The van der Waals surface area contributed by atoms with Crippen molar-refractivity contribution in [1.29, 1.82) is 0 Å². The first-order valence-electron chi connectivity index (χ1n) is 10.3. The molecule has 0 spiro atoms. The van der Waals surface area contributed by atoms with E-state index < -0.39 is 41.5 Å². The van der Waals surface area contributed by atoms with Crippen molar-refractivity contribution in [2.24, 2.45) is 17.8 Å². The third kappa shape index (κ3) is 4.03. The quantitative estimate of drug-likeness (QED) is 0.515. The lowest BCUT2D eigenvalue weighted by molar-refractivity contribution is -0.188. The molecule has 3 N–H and O–H groups in total. The van der Waals surface area contributed by atoms with Crippen molar-refractivity contribution in [3.05, 3.63) is 0 Å². The molecule has 4 aliphatic carbocycles. The summed E-state index contributed by atoms with van der Waals surface area (Å²) < 4.78 is 9.59. The number of nitrogens with one attached hydrogen (secondary N) is 1. The molecular weight excluding hydrogens is 366 g/mol. The van der Waals surface area contributed by atoms with E-state index in [0.717, 1.165) is 19.3 Å². The van der Waals surface area contributed by atoms with Crippen LogP contribution >= 0.6 is 0 Å². The Morgan fingerprint density at radius 1 is 1.04 bits per heavy atom. The van der Waals surface area contributed by atoms with E-state index in [1.54, 1.807) is 6.92 Å². The lowest BCUT2D eigenvalue weighted by atomic mass is 9.53. The molecule has 28 heavy (non-hydrogen) atoms. The molecule has 0 saturated heterocycles. The van der Waals surface area contributed by atoms with Gasteiger partial charge in [-0.25, -0.2) is 4.79 Å². The van der Waals surface area contributed by atoms with Crippen LogP contribution in [0.1, 0.15) is 58.8 Å². The summed E-state index contributed by atoms with van der Waals surface area (Å²) in [5.74, 6) is -1.22. The van der Waals surface area contributed by atoms with Crippen LogP contribution in [0.15, 0.2) is 0 Å². The number of hydrogen-bond donors (Lipinski definition) is 3. The molecule has 0 aromatic heterocycles. The topological polar surface area (TPSA) is 122 Å². The maximum absolute atomic E-state index is 12.8. The molecule has 8 nitrogen and oxygen atoms in total. The van der Waals surface area contributed by atoms with Crippen LogP contribution in [0.2, 0.25) is 0 Å². The molecule has 4 saturated carbocycles. The van der Waals surface area contributed by atoms with Crippen LogP contribution in [0, 0.1) is 17.8 Å². The number of ether oxygens (including phenoxy) is 2. The number of hydrogen-bond acceptors (Lipinski definition) is 7. The van der Waals surface area contributed by atoms with Gasteiger partial charge in [0.1, 0.15) is 0 Å². The second-order valence-electron chi connectivity index (χ2n) is 8.72. The van der Waals surface area contributed by atoms with Gasteiger partial charge in [-0.1, -0.05) is 0 Å². The van der Waals surface area contributed by atoms with Gasteiger partial charge in [0.2, 0.25) is 5.60 Å². The normalized spacial score (nSPS) is 33.6. The van der Waals surface area contributed by atoms with Gasteiger partial charge < -0.3 is 25.0 Å². The van der Waals surface area contributed by atoms with Crippen LogP contribution in [0.3, 0.4) is 0 Å². The molecule has 0 aromatic carbocycles. The van der Waals surface area contributed by atoms with Gasteiger partial charge in [0.25, 0.3) is 5.91 Å². The van der Waals surface area contributed by atoms with Gasteiger partial charge in [-0.05, 0) is 70.1 Å². The zero-order valence-corrected chi connectivity index (χ0v) is 16.6. The van der Waals surface area contributed by atoms with E-state index in [-0.39, 0.29) is 13.2 Å². The Kier molecular flexibility index (Phi) is 6.00. The largest absolute Gasteiger partial charge is 0.466 e. The molecule has 0 radical (unpaired) electrons. The maximum atomic E-state index is 12.8. The Morgan fingerprint density at radius 3 is 2.00 bits per heavy atom. The molecule has 4 aliphatic rings. The van der Waals surface area contributed by atoms with E-state index in [1.165, 1.54) is 26.2 Å². The molecule has 158 valence electrons. The first kappa shape index (κ1) is 21.0. The number of aliphatic hydroxyl groups is 2. The highest BCUT2D eigenvalue weighted by Gasteiger charge is 2.55. The van der Waals surface area contributed by atoms with Crippen molar-refractivity contribution in [3.63, 3.8) is 0 Å². The highest BCUT2D eigenvalue weighted by molar-refractivity contribution is 5.94. The summed E-state index contributed by atoms with van der Waals surface area (Å²) in [5.41, 5.74) is -3.08. The zero-order chi connectivity index (χ0) is 20.5. The van der Waals surface area contributed by atoms with E-state index in [9.17, 15) is 24.6 Å². The summed E-state index contributed by atoms with van der Waals surface area (Å²) in [6.07, 6.45) is 3.15. The molecule has 0 aliphatic heterocycles. The Bertz CT molecular complexity index is 599. The minimum Gasteiger partial charge on any atom is -0.466 e. The van der Waals surface area contributed by atoms with Crippen molar-refractivity contribution in [2.45, 2.75) is 76.0 Å². The van der Waals surface area contributed by atoms with E-state index in [1.807, 2.05) is 0 Å². The number of carbonyl (C=O) groups is 3. The van der Waals surface area contributed by atoms with Crippen molar-refractivity contribution < 1.29 is 34.1 Å². The highest BCUT2D eigenvalue weighted by atomic mass is 16.6. The zero-order valence-electron chi connectivity index (χ0n) is 16.6. The second-order valence-corrected chi connectivity index (χ2v) is 8.72. The lowest BCUT2D eigenvalue weighted by Gasteiger charge is -2.57. The number of esters is 2. The van der Waals surface area contributed by atoms with Crippen LogP contribution in [0.4, 0.5) is 0 Å². The summed E-state index contributed by atoms with van der Waals surface area (Å²) in [6.45, 7) is 3.10. The third-order valence-corrected chi connectivity index (χ3v) is 6.48. The van der Waals surface area contributed by atoms with Crippen LogP contribution in [-0.4, -0.2) is 58.5 Å². The smallest absolute Gasteiger partial charge is 0.342 e. The molecule has 1 amide bonds. The molecular formula is C20H31NO7. The molecule has 8 heteroatoms. The Labute approximate surface area is 165 Å². The van der Waals surface area contributed by atoms with E-state index >= 15 is 0 Å². The van der Waals surface area contributed by atoms with Crippen molar-refractivity contribution in [1.82, 2.24) is 5.32 Å². The predicted molar refractivity (Wildman–Crippen MR) is 97.9 cm³/mol. The monoisotopic (exact) mass is 397 g/mol. The van der Waals surface area contributed by atoms with Gasteiger partial charge >= 0.3 is 11.9 Å². The maximum Gasteiger partial charge on any atom is 0.342 e. The first-order valence-corrected chi connectivity index (χ1v) is 10.3. The molecule has 4 rings (SSSR count). The fraction of sp³-hybridized carbons (Fsp3) is 0.850. The Hall–Kier alpha value is -1.67. The summed E-state index contributed by atoms with van der Waals surface area (Å²) in [6, 6.07) is 0. The molecule has 4 bridgehead atoms. The van der Waals surface area contributed by atoms with Crippen molar-refractivity contribution in [2.75, 3.05) is 13.2 Å². The van der Waals surface area contributed by atoms with Gasteiger partial charge in [-0.2, -0.15) is 0 Å². The fourth-order valence-electron chi connectivity index (χ4n) is 5.78. The van der Waals surface area contributed by atoms with Gasteiger partial charge in [0, 0.05) is 5.54 Å². The Morgan fingerprint density at radius 2 is 1.54 bits per heavy atom. The first-order chi connectivity index (χ1) is 13.2. The minimum atomic E-state index is -2.69. The fourth-order valence-corrected chi connectivity index (χ4v) is 5.78. The highest BCUT2D eigenvalue weighted by Crippen LogP contribution is 2.55. The summed E-state index contributed by atoms with van der Waals surface area (Å²) >= 11 is 0. The number of aliphatic hydroxyl groups excluding tert-OH is 1. The predicted octanol–water partition coefficient (Wildman–Crippen LogP) is 0.680. The van der Waals surface area contributed by atoms with E-state index in [4.69, 9.17) is 9.47 Å². The van der Waals surface area contributed by atoms with Crippen LogP contribution in [-0.2, 0) is 23.9 Å². The average Bonchev–Trinajstić information content (AvgIpc) is 2.59. The molecule has 4 fully saturated rings. The minimum absolute atomic E-state index is 0.0489. The van der Waals surface area contributed by atoms with Crippen molar-refractivity contribution >= 4 is 17.8 Å². The SMILES string of the molecule is CCOC(=O)CC(O)(C(=O)OCC)C(O)C(=O)NC12CC3CC(CC(C3)C1)C2. The summed E-state index contributed by atoms with van der Waals surface area (Å²) in [7, 11) is 0. The van der Waals surface area contributed by atoms with Gasteiger partial charge in [0.15, 0.2) is 6.10 Å². The average molecular weight is 397 g/mol. The summed E-state index contributed by atoms with van der Waals surface area (Å²) in [5, 5.41) is 24.3. The second kappa shape index (κ2) is 7.99. The molecule has 2 unspecified atom stereocenters. The van der Waals surface area contributed by atoms with Crippen LogP contribution in [0.5, 0.6) is 0 Å². The van der Waals surface area contributed by atoms with Crippen LogP contribution in [0.25, 0.3) is 0 Å². The Balaban J connectivity index is 1.74. The number of carbonyl (C=O) groups excluding carboxylic acids is 3. The summed E-state index contributed by atoms with van der Waals surface area (Å²) in [4.78, 5) is 37.0.